The van der Waals surface area contributed by atoms with Crippen molar-refractivity contribution in [2.45, 2.75) is 0 Å². The molecule has 0 amide bonds. The number of nitrogens with zero attached hydrogens (tertiary/aromatic N) is 4. The van der Waals surface area contributed by atoms with Crippen molar-refractivity contribution < 1.29 is 43.1 Å². The van der Waals surface area contributed by atoms with Gasteiger partial charge in [-0.25, -0.2) is 14.4 Å². The number of carboxylic acids is 3. The maximum Gasteiger partial charge on any atom is 0.392 e. The normalized spacial score (nSPS) is 9.44. The van der Waals surface area contributed by atoms with Gasteiger partial charge in [0.15, 0.2) is 0 Å². The number of oxazole rings is 2. The van der Waals surface area contributed by atoms with Crippen LogP contribution >= 0.6 is 47.8 Å². The van der Waals surface area contributed by atoms with E-state index in [4.69, 9.17) is 15.3 Å². The first-order valence-corrected chi connectivity index (χ1v) is 8.38. The predicted molar refractivity (Wildman–Crippen MR) is 91.3 cm³/mol. The van der Waals surface area contributed by atoms with Crippen LogP contribution in [0.1, 0.15) is 31.7 Å². The van der Waals surface area contributed by atoms with Gasteiger partial charge in [-0.15, -0.1) is 0 Å². The largest absolute Gasteiger partial charge is 0.476 e. The third-order valence-corrected chi connectivity index (χ3v) is 3.04. The molecule has 3 aromatic heterocycles. The summed E-state index contributed by atoms with van der Waals surface area (Å²) in [6.45, 7) is 0. The summed E-state index contributed by atoms with van der Waals surface area (Å²) >= 11 is 8.61. The smallest absolute Gasteiger partial charge is 0.392 e. The Bertz CT molecular complexity index is 890. The van der Waals surface area contributed by atoms with E-state index in [1.54, 1.807) is 0 Å². The third-order valence-electron chi connectivity index (χ3n) is 1.99. The molecule has 3 N–H and O–H groups in total. The van der Waals surface area contributed by atoms with Gasteiger partial charge in [0.25, 0.3) is 4.80 Å². The highest BCUT2D eigenvalue weighted by Gasteiger charge is 2.23. The van der Waals surface area contributed by atoms with Crippen LogP contribution in [0, 0.1) is 0 Å². The first-order valence-electron chi connectivity index (χ1n) is 6.01. The van der Waals surface area contributed by atoms with Crippen molar-refractivity contribution in [2.75, 3.05) is 0 Å². The van der Waals surface area contributed by atoms with E-state index < -0.39 is 29.4 Å². The first-order chi connectivity index (χ1) is 12.6. The van der Waals surface area contributed by atoms with Crippen LogP contribution < -0.4 is 0 Å². The average Bonchev–Trinajstić information content (AvgIpc) is 3.30. The fourth-order valence-electron chi connectivity index (χ4n) is 1.09. The van der Waals surface area contributed by atoms with Crippen molar-refractivity contribution in [3.05, 3.63) is 44.1 Å². The topological polar surface area (TPSA) is 203 Å². The van der Waals surface area contributed by atoms with Gasteiger partial charge in [-0.3, -0.25) is 0 Å². The molecule has 0 atom stereocenters. The minimum absolute atomic E-state index is 0.169. The highest BCUT2D eigenvalue weighted by Crippen LogP contribution is 2.15. The van der Waals surface area contributed by atoms with E-state index in [2.05, 4.69) is 81.3 Å². The van der Waals surface area contributed by atoms with Gasteiger partial charge in [0.2, 0.25) is 22.6 Å². The number of rotatable bonds is 3. The molecule has 0 aliphatic heterocycles. The molecule has 3 aromatic rings. The zero-order chi connectivity index (χ0) is 20.6. The molecular weight excluding hydrogens is 572 g/mol. The Kier molecular flexibility index (Phi) is 8.76. The molecule has 144 valence electrons. The van der Waals surface area contributed by atoms with E-state index >= 15 is 0 Å². The molecule has 16 heteroatoms. The number of carboxylic acid groups (broad SMARTS) is 3. The van der Waals surface area contributed by atoms with Crippen LogP contribution in [0.3, 0.4) is 0 Å². The monoisotopic (exact) mass is 574 g/mol. The second-order valence-electron chi connectivity index (χ2n) is 3.74. The molecule has 3 heterocycles. The first kappa shape index (κ1) is 22.5. The molecule has 13 nitrogen and oxygen atoms in total. The standard InChI is InChI=1S/C5H2BrNO5.C4H2BrNO3.C2HBrN2O/c6-5-7-1(3(8)9)2(12-5)4(10)11;5-2-1-9-3(6-2)4(7)8;3-2-4-1-6-5-2/h(H,8,9)(H,10,11);1H,(H,7,8);1H. The van der Waals surface area contributed by atoms with Crippen molar-refractivity contribution in [1.29, 1.82) is 0 Å². The van der Waals surface area contributed by atoms with Gasteiger partial charge in [0, 0.05) is 15.9 Å². The van der Waals surface area contributed by atoms with Crippen molar-refractivity contribution in [1.82, 2.24) is 20.1 Å². The lowest BCUT2D eigenvalue weighted by Crippen LogP contribution is -2.05. The lowest BCUT2D eigenvalue weighted by atomic mass is 10.3. The summed E-state index contributed by atoms with van der Waals surface area (Å²) < 4.78 is 14.1. The van der Waals surface area contributed by atoms with Gasteiger partial charge in [0.1, 0.15) is 10.9 Å². The van der Waals surface area contributed by atoms with Gasteiger partial charge in [-0.05, 0) is 31.9 Å². The fraction of sp³-hybridized carbons (Fsp3) is 0. The van der Waals surface area contributed by atoms with Crippen molar-refractivity contribution in [3.8, 4) is 0 Å². The lowest BCUT2D eigenvalue weighted by molar-refractivity contribution is 0.0623. The van der Waals surface area contributed by atoms with Gasteiger partial charge in [-0.2, -0.15) is 15.0 Å². The zero-order valence-corrected chi connectivity index (χ0v) is 17.1. The summed E-state index contributed by atoms with van der Waals surface area (Å²) in [4.78, 5) is 40.8. The van der Waals surface area contributed by atoms with E-state index in [-0.39, 0.29) is 10.7 Å². The number of hydrogen-bond donors (Lipinski definition) is 3. The summed E-state index contributed by atoms with van der Waals surface area (Å²) in [7, 11) is 0. The molecule has 0 saturated carbocycles. The highest BCUT2D eigenvalue weighted by atomic mass is 79.9. The van der Waals surface area contributed by atoms with Crippen molar-refractivity contribution >= 4 is 65.7 Å². The third kappa shape index (κ3) is 7.67. The molecule has 0 aliphatic rings. The SMILES string of the molecule is Brc1ncon1.O=C(O)c1nc(Br)co1.O=C(O)c1nc(Br)oc1C(=O)O. The van der Waals surface area contributed by atoms with E-state index in [9.17, 15) is 14.4 Å². The van der Waals surface area contributed by atoms with Gasteiger partial charge in [-0.1, -0.05) is 5.16 Å². The number of carbonyl (C=O) groups is 3. The van der Waals surface area contributed by atoms with Crippen LogP contribution in [0.5, 0.6) is 0 Å². The van der Waals surface area contributed by atoms with Crippen molar-refractivity contribution in [2.24, 2.45) is 0 Å². The van der Waals surface area contributed by atoms with Crippen LogP contribution in [-0.2, 0) is 0 Å². The van der Waals surface area contributed by atoms with E-state index in [0.717, 1.165) is 0 Å². The maximum atomic E-state index is 10.3. The average molecular weight is 577 g/mol. The molecule has 0 spiro atoms. The summed E-state index contributed by atoms with van der Waals surface area (Å²) in [5.41, 5.74) is -0.616. The number of aromatic carboxylic acids is 3. The van der Waals surface area contributed by atoms with Crippen LogP contribution in [0.4, 0.5) is 0 Å². The highest BCUT2D eigenvalue weighted by molar-refractivity contribution is 9.10. The lowest BCUT2D eigenvalue weighted by Gasteiger charge is -1.86. The van der Waals surface area contributed by atoms with Crippen LogP contribution in [-0.4, -0.2) is 53.3 Å². The molecule has 27 heavy (non-hydrogen) atoms. The number of halogens is 3. The molecular formula is C11H5Br3N4O9. The van der Waals surface area contributed by atoms with Gasteiger partial charge in [0.05, 0.1) is 0 Å². The quantitative estimate of drug-likeness (QED) is 0.411. The maximum absolute atomic E-state index is 10.3. The Labute approximate surface area is 172 Å². The summed E-state index contributed by atoms with van der Waals surface area (Å²) in [5, 5.41) is 28.4. The number of aromatic nitrogens is 4. The minimum Gasteiger partial charge on any atom is -0.476 e. The van der Waals surface area contributed by atoms with E-state index in [1.165, 1.54) is 12.7 Å². The summed E-state index contributed by atoms with van der Waals surface area (Å²) in [6, 6.07) is 0. The predicted octanol–water partition coefficient (Wildman–Crippen LogP) is 2.80. The Morgan fingerprint density at radius 1 is 0.963 bits per heavy atom. The Balaban J connectivity index is 0.000000214. The number of hydrogen-bond acceptors (Lipinski definition) is 10. The Morgan fingerprint density at radius 2 is 1.63 bits per heavy atom. The van der Waals surface area contributed by atoms with Crippen molar-refractivity contribution in [3.63, 3.8) is 0 Å². The molecule has 0 fully saturated rings. The molecule has 0 unspecified atom stereocenters. The van der Waals surface area contributed by atoms with E-state index in [0.29, 0.717) is 9.34 Å². The van der Waals surface area contributed by atoms with Crippen LogP contribution in [0.2, 0.25) is 0 Å². The molecule has 0 aromatic carbocycles. The molecule has 0 saturated heterocycles. The molecule has 0 aliphatic carbocycles. The molecule has 0 radical (unpaired) electrons. The van der Waals surface area contributed by atoms with E-state index in [1.807, 2.05) is 0 Å². The minimum atomic E-state index is -1.47. The summed E-state index contributed by atoms with van der Waals surface area (Å²) in [6.07, 6.45) is 2.47. The van der Waals surface area contributed by atoms with Crippen LogP contribution in [0.25, 0.3) is 0 Å². The van der Waals surface area contributed by atoms with Gasteiger partial charge >= 0.3 is 23.8 Å². The molecule has 0 bridgehead atoms. The van der Waals surface area contributed by atoms with Crippen LogP contribution in [0.15, 0.2) is 40.2 Å². The summed E-state index contributed by atoms with van der Waals surface area (Å²) in [5.74, 6) is -5.07. The Hall–Kier alpha value is -2.59. The zero-order valence-electron chi connectivity index (χ0n) is 12.4. The fourth-order valence-corrected chi connectivity index (χ4v) is 1.85. The second-order valence-corrected chi connectivity index (χ2v) is 5.94. The molecule has 3 rings (SSSR count). The van der Waals surface area contributed by atoms with Gasteiger partial charge < -0.3 is 28.7 Å². The Morgan fingerprint density at radius 3 is 1.89 bits per heavy atom. The second kappa shape index (κ2) is 10.5.